The zero-order valence-corrected chi connectivity index (χ0v) is 13.2. The molecule has 118 valence electrons. The van der Waals surface area contributed by atoms with Crippen LogP contribution in [0.3, 0.4) is 0 Å². The molecule has 1 spiro atoms. The molecular weight excluding hydrogens is 254 g/mol. The standard InChI is InChI=1S/C16H31NO3/c1-17-14-13-15(20-12-11-19-10-9-18-2)16(14)7-5-3-4-6-8-16/h14-15,17H,3-13H2,1-2H3. The molecule has 0 aromatic carbocycles. The van der Waals surface area contributed by atoms with Crippen LogP contribution in [-0.4, -0.2) is 52.7 Å². The van der Waals surface area contributed by atoms with Crippen LogP contribution in [0.4, 0.5) is 0 Å². The smallest absolute Gasteiger partial charge is 0.0704 e. The number of ether oxygens (including phenoxy) is 3. The third kappa shape index (κ3) is 3.73. The summed E-state index contributed by atoms with van der Waals surface area (Å²) in [5, 5.41) is 3.51. The van der Waals surface area contributed by atoms with E-state index < -0.39 is 0 Å². The molecule has 2 saturated carbocycles. The lowest BCUT2D eigenvalue weighted by Crippen LogP contribution is -2.63. The normalized spacial score (nSPS) is 29.1. The number of hydrogen-bond donors (Lipinski definition) is 1. The molecule has 2 aliphatic carbocycles. The van der Waals surface area contributed by atoms with Crippen molar-refractivity contribution in [1.29, 1.82) is 0 Å². The summed E-state index contributed by atoms with van der Waals surface area (Å²) in [5.41, 5.74) is 0.401. The maximum atomic E-state index is 6.13. The third-order valence-corrected chi connectivity index (χ3v) is 5.15. The Bertz CT molecular complexity index is 264. The van der Waals surface area contributed by atoms with E-state index in [2.05, 4.69) is 12.4 Å². The minimum atomic E-state index is 0.401. The monoisotopic (exact) mass is 285 g/mol. The van der Waals surface area contributed by atoms with Crippen molar-refractivity contribution in [3.8, 4) is 0 Å². The molecular formula is C16H31NO3. The van der Waals surface area contributed by atoms with Gasteiger partial charge in [0.15, 0.2) is 0 Å². The fourth-order valence-electron chi connectivity index (χ4n) is 3.94. The Kier molecular flexibility index (Phi) is 6.75. The van der Waals surface area contributed by atoms with E-state index in [9.17, 15) is 0 Å². The molecule has 2 unspecified atom stereocenters. The van der Waals surface area contributed by atoms with Crippen LogP contribution in [-0.2, 0) is 14.2 Å². The van der Waals surface area contributed by atoms with Crippen LogP contribution in [0.1, 0.15) is 44.9 Å². The minimum absolute atomic E-state index is 0.401. The van der Waals surface area contributed by atoms with Gasteiger partial charge in [0.05, 0.1) is 32.5 Å². The van der Waals surface area contributed by atoms with E-state index in [0.29, 0.717) is 44.0 Å². The van der Waals surface area contributed by atoms with E-state index >= 15 is 0 Å². The molecule has 2 aliphatic rings. The Morgan fingerprint density at radius 1 is 1.00 bits per heavy atom. The Balaban J connectivity index is 1.73. The summed E-state index contributed by atoms with van der Waals surface area (Å²) in [6.45, 7) is 2.72. The van der Waals surface area contributed by atoms with Gasteiger partial charge in [-0.1, -0.05) is 25.7 Å². The van der Waals surface area contributed by atoms with Crippen LogP contribution in [0, 0.1) is 5.41 Å². The third-order valence-electron chi connectivity index (χ3n) is 5.15. The molecule has 0 aliphatic heterocycles. The lowest BCUT2D eigenvalue weighted by Gasteiger charge is -2.56. The van der Waals surface area contributed by atoms with Gasteiger partial charge in [0.1, 0.15) is 0 Å². The lowest BCUT2D eigenvalue weighted by atomic mass is 9.58. The van der Waals surface area contributed by atoms with Gasteiger partial charge in [-0.05, 0) is 26.3 Å². The quantitative estimate of drug-likeness (QED) is 0.695. The zero-order valence-electron chi connectivity index (χ0n) is 13.2. The van der Waals surface area contributed by atoms with Crippen LogP contribution in [0.15, 0.2) is 0 Å². The summed E-state index contributed by atoms with van der Waals surface area (Å²) in [7, 11) is 3.79. The van der Waals surface area contributed by atoms with E-state index in [1.807, 2.05) is 0 Å². The molecule has 0 heterocycles. The van der Waals surface area contributed by atoms with Gasteiger partial charge in [-0.3, -0.25) is 0 Å². The van der Waals surface area contributed by atoms with Crippen LogP contribution in [0.25, 0.3) is 0 Å². The molecule has 0 aromatic heterocycles. The van der Waals surface area contributed by atoms with Crippen molar-refractivity contribution >= 4 is 0 Å². The lowest BCUT2D eigenvalue weighted by molar-refractivity contribution is -0.150. The fourth-order valence-corrected chi connectivity index (χ4v) is 3.94. The molecule has 4 nitrogen and oxygen atoms in total. The highest BCUT2D eigenvalue weighted by Crippen LogP contribution is 2.52. The second-order valence-electron chi connectivity index (χ2n) is 6.19. The summed E-state index contributed by atoms with van der Waals surface area (Å²) < 4.78 is 16.6. The average Bonchev–Trinajstić information content (AvgIpc) is 2.73. The Morgan fingerprint density at radius 3 is 2.35 bits per heavy atom. The molecule has 20 heavy (non-hydrogen) atoms. The molecule has 2 atom stereocenters. The molecule has 0 aromatic rings. The number of methoxy groups -OCH3 is 1. The second-order valence-corrected chi connectivity index (χ2v) is 6.19. The molecule has 2 fully saturated rings. The number of rotatable bonds is 8. The molecule has 0 radical (unpaired) electrons. The van der Waals surface area contributed by atoms with Gasteiger partial charge in [-0.25, -0.2) is 0 Å². The Morgan fingerprint density at radius 2 is 1.70 bits per heavy atom. The summed E-state index contributed by atoms with van der Waals surface area (Å²) in [5.74, 6) is 0. The van der Waals surface area contributed by atoms with Crippen molar-refractivity contribution in [1.82, 2.24) is 5.32 Å². The van der Waals surface area contributed by atoms with Crippen molar-refractivity contribution in [3.05, 3.63) is 0 Å². The molecule has 2 rings (SSSR count). The number of hydrogen-bond acceptors (Lipinski definition) is 4. The maximum Gasteiger partial charge on any atom is 0.0704 e. The molecule has 0 saturated heterocycles. The molecule has 0 bridgehead atoms. The molecule has 1 N–H and O–H groups in total. The van der Waals surface area contributed by atoms with Crippen molar-refractivity contribution in [3.63, 3.8) is 0 Å². The first-order valence-electron chi connectivity index (χ1n) is 8.19. The van der Waals surface area contributed by atoms with Crippen molar-refractivity contribution in [2.75, 3.05) is 40.6 Å². The van der Waals surface area contributed by atoms with Gasteiger partial charge in [-0.2, -0.15) is 0 Å². The largest absolute Gasteiger partial charge is 0.382 e. The number of nitrogens with one attached hydrogen (secondary N) is 1. The van der Waals surface area contributed by atoms with Gasteiger partial charge in [0.25, 0.3) is 0 Å². The van der Waals surface area contributed by atoms with Gasteiger partial charge < -0.3 is 19.5 Å². The van der Waals surface area contributed by atoms with E-state index in [1.54, 1.807) is 7.11 Å². The van der Waals surface area contributed by atoms with E-state index in [4.69, 9.17) is 14.2 Å². The zero-order chi connectivity index (χ0) is 14.3. The fraction of sp³-hybridized carbons (Fsp3) is 1.00. The summed E-state index contributed by atoms with van der Waals surface area (Å²) in [4.78, 5) is 0. The SMILES string of the molecule is CNC1CC(OCCOCCOC)C12CCCCCC2. The second kappa shape index (κ2) is 8.32. The Labute approximate surface area is 123 Å². The van der Waals surface area contributed by atoms with Crippen LogP contribution in [0.2, 0.25) is 0 Å². The van der Waals surface area contributed by atoms with E-state index in [-0.39, 0.29) is 0 Å². The predicted molar refractivity (Wildman–Crippen MR) is 80.0 cm³/mol. The van der Waals surface area contributed by atoms with E-state index in [1.165, 1.54) is 38.5 Å². The topological polar surface area (TPSA) is 39.7 Å². The average molecular weight is 285 g/mol. The highest BCUT2D eigenvalue weighted by Gasteiger charge is 2.54. The van der Waals surface area contributed by atoms with Crippen LogP contribution < -0.4 is 5.32 Å². The summed E-state index contributed by atoms with van der Waals surface area (Å²) in [6, 6.07) is 0.653. The van der Waals surface area contributed by atoms with Crippen LogP contribution >= 0.6 is 0 Å². The van der Waals surface area contributed by atoms with E-state index in [0.717, 1.165) is 6.42 Å². The van der Waals surface area contributed by atoms with Crippen molar-refractivity contribution in [2.45, 2.75) is 57.1 Å². The van der Waals surface area contributed by atoms with Gasteiger partial charge in [0.2, 0.25) is 0 Å². The van der Waals surface area contributed by atoms with Crippen molar-refractivity contribution in [2.24, 2.45) is 5.41 Å². The first kappa shape index (κ1) is 16.2. The van der Waals surface area contributed by atoms with Gasteiger partial charge in [-0.15, -0.1) is 0 Å². The summed E-state index contributed by atoms with van der Waals surface area (Å²) in [6.07, 6.45) is 9.76. The maximum absolute atomic E-state index is 6.13. The first-order chi connectivity index (χ1) is 9.83. The van der Waals surface area contributed by atoms with Gasteiger partial charge in [0, 0.05) is 18.6 Å². The highest BCUT2D eigenvalue weighted by molar-refractivity contribution is 5.07. The predicted octanol–water partition coefficient (Wildman–Crippen LogP) is 2.37. The summed E-state index contributed by atoms with van der Waals surface area (Å²) >= 11 is 0. The highest BCUT2D eigenvalue weighted by atomic mass is 16.5. The van der Waals surface area contributed by atoms with Crippen LogP contribution in [0.5, 0.6) is 0 Å². The molecule has 4 heteroatoms. The minimum Gasteiger partial charge on any atom is -0.382 e. The molecule has 0 amide bonds. The first-order valence-corrected chi connectivity index (χ1v) is 8.19. The van der Waals surface area contributed by atoms with Crippen molar-refractivity contribution < 1.29 is 14.2 Å². The van der Waals surface area contributed by atoms with Gasteiger partial charge >= 0.3 is 0 Å². The Hall–Kier alpha value is -0.160.